The van der Waals surface area contributed by atoms with Crippen molar-refractivity contribution in [2.75, 3.05) is 13.2 Å². The molecule has 61 heavy (non-hydrogen) atoms. The fraction of sp³-hybridized carbons (Fsp3) is 0.980. The molecule has 0 unspecified atom stereocenters. The first-order valence-corrected chi connectivity index (χ1v) is 26.3. The molecule has 0 bridgehead atoms. The molecule has 364 valence electrons. The molecule has 0 saturated carbocycles. The van der Waals surface area contributed by atoms with E-state index in [2.05, 4.69) is 19.2 Å². The fourth-order valence-corrected chi connectivity index (χ4v) is 8.79. The van der Waals surface area contributed by atoms with Crippen molar-refractivity contribution in [1.29, 1.82) is 0 Å². The summed E-state index contributed by atoms with van der Waals surface area (Å²) in [6.45, 7) is 3.64. The van der Waals surface area contributed by atoms with Crippen molar-refractivity contribution < 1.29 is 44.9 Å². The Labute approximate surface area is 375 Å². The van der Waals surface area contributed by atoms with E-state index < -0.39 is 55.6 Å². The molecule has 0 spiro atoms. The Hall–Kier alpha value is -0.850. The summed E-state index contributed by atoms with van der Waals surface area (Å²) in [6, 6.07) is -0.985. The van der Waals surface area contributed by atoms with Gasteiger partial charge in [0.15, 0.2) is 6.29 Å². The van der Waals surface area contributed by atoms with E-state index >= 15 is 0 Å². The molecule has 10 heteroatoms. The standard InChI is InChI=1S/C51H101NO9/c1-3-5-7-9-11-13-15-17-19-20-21-22-23-24-26-28-30-32-34-36-38-40-46(55)52-43(42-60-51-50(59)49(58)48(57)45(41-53)61-51)47(56)44(54)39-37-35-33-31-29-27-25-18-16-14-12-10-8-6-4-2/h43-45,47-51,53-54,56-59H,3-42H2,1-2H3,(H,52,55)/t43-,44+,45+,47-,48+,49-,50+,51-/m0/s1. The largest absolute Gasteiger partial charge is 0.394 e. The lowest BCUT2D eigenvalue weighted by Crippen LogP contribution is -2.60. The third-order valence-corrected chi connectivity index (χ3v) is 13.1. The third-order valence-electron chi connectivity index (χ3n) is 13.1. The van der Waals surface area contributed by atoms with Gasteiger partial charge in [-0.25, -0.2) is 0 Å². The topological polar surface area (TPSA) is 169 Å². The number of hydrogen-bond donors (Lipinski definition) is 7. The first-order chi connectivity index (χ1) is 29.8. The maximum Gasteiger partial charge on any atom is 0.220 e. The van der Waals surface area contributed by atoms with Gasteiger partial charge in [0, 0.05) is 6.42 Å². The highest BCUT2D eigenvalue weighted by atomic mass is 16.7. The van der Waals surface area contributed by atoms with Crippen LogP contribution in [0.5, 0.6) is 0 Å². The molecule has 0 aromatic carbocycles. The van der Waals surface area contributed by atoms with Crippen LogP contribution in [0.2, 0.25) is 0 Å². The molecule has 0 radical (unpaired) electrons. The maximum atomic E-state index is 13.1. The Morgan fingerprint density at radius 3 is 1.21 bits per heavy atom. The van der Waals surface area contributed by atoms with Crippen molar-refractivity contribution in [2.45, 2.75) is 307 Å². The Morgan fingerprint density at radius 1 is 0.508 bits per heavy atom. The Kier molecular flexibility index (Phi) is 39.9. The maximum absolute atomic E-state index is 13.1. The van der Waals surface area contributed by atoms with Crippen LogP contribution in [0.15, 0.2) is 0 Å². The van der Waals surface area contributed by atoms with Crippen molar-refractivity contribution in [2.24, 2.45) is 0 Å². The summed E-state index contributed by atoms with van der Waals surface area (Å²) < 4.78 is 11.2. The van der Waals surface area contributed by atoms with E-state index in [0.29, 0.717) is 6.42 Å². The Balaban J connectivity index is 2.29. The highest BCUT2D eigenvalue weighted by Gasteiger charge is 2.44. The third kappa shape index (κ3) is 31.6. The van der Waals surface area contributed by atoms with Crippen molar-refractivity contribution in [3.63, 3.8) is 0 Å². The van der Waals surface area contributed by atoms with Crippen molar-refractivity contribution in [3.05, 3.63) is 0 Å². The Morgan fingerprint density at radius 2 is 0.852 bits per heavy atom. The van der Waals surface area contributed by atoms with Crippen LogP contribution in [0.3, 0.4) is 0 Å². The summed E-state index contributed by atoms with van der Waals surface area (Å²) >= 11 is 0. The molecule has 0 aromatic heterocycles. The van der Waals surface area contributed by atoms with E-state index in [1.165, 1.54) is 193 Å². The number of rotatable bonds is 45. The zero-order chi connectivity index (χ0) is 44.6. The van der Waals surface area contributed by atoms with E-state index in [1.807, 2.05) is 0 Å². The van der Waals surface area contributed by atoms with Crippen LogP contribution >= 0.6 is 0 Å². The average Bonchev–Trinajstić information content (AvgIpc) is 3.26. The fourth-order valence-electron chi connectivity index (χ4n) is 8.79. The summed E-state index contributed by atoms with van der Waals surface area (Å²) in [5.74, 6) is -0.251. The van der Waals surface area contributed by atoms with Crippen LogP contribution in [-0.4, -0.2) is 98.7 Å². The van der Waals surface area contributed by atoms with Gasteiger partial charge < -0.3 is 45.4 Å². The molecular formula is C51H101NO9. The minimum Gasteiger partial charge on any atom is -0.394 e. The quantitative estimate of drug-likeness (QED) is 0.0295. The molecule has 8 atom stereocenters. The smallest absolute Gasteiger partial charge is 0.220 e. The summed E-state index contributed by atoms with van der Waals surface area (Å²) in [7, 11) is 0. The highest BCUT2D eigenvalue weighted by Crippen LogP contribution is 2.23. The molecule has 1 heterocycles. The number of amides is 1. The predicted octanol–water partition coefficient (Wildman–Crippen LogP) is 10.9. The number of ether oxygens (including phenoxy) is 2. The molecule has 1 saturated heterocycles. The Bertz CT molecular complexity index is 942. The van der Waals surface area contributed by atoms with E-state index in [1.54, 1.807) is 0 Å². The molecule has 1 rings (SSSR count). The van der Waals surface area contributed by atoms with Crippen molar-refractivity contribution in [3.8, 4) is 0 Å². The van der Waals surface area contributed by atoms with Gasteiger partial charge in [0.1, 0.15) is 30.5 Å². The summed E-state index contributed by atoms with van der Waals surface area (Å²) in [4.78, 5) is 13.1. The van der Waals surface area contributed by atoms with Gasteiger partial charge in [-0.3, -0.25) is 4.79 Å². The van der Waals surface area contributed by atoms with E-state index in [4.69, 9.17) is 9.47 Å². The predicted molar refractivity (Wildman–Crippen MR) is 250 cm³/mol. The summed E-state index contributed by atoms with van der Waals surface area (Å²) in [5, 5.41) is 65.4. The van der Waals surface area contributed by atoms with E-state index in [0.717, 1.165) is 38.5 Å². The van der Waals surface area contributed by atoms with Gasteiger partial charge in [-0.1, -0.05) is 239 Å². The molecule has 1 fully saturated rings. The minimum absolute atomic E-state index is 0.251. The molecule has 10 nitrogen and oxygen atoms in total. The van der Waals surface area contributed by atoms with Gasteiger partial charge in [0.05, 0.1) is 25.4 Å². The van der Waals surface area contributed by atoms with Crippen LogP contribution < -0.4 is 5.32 Å². The first kappa shape index (κ1) is 58.2. The number of carbonyl (C=O) groups is 1. The number of aliphatic hydroxyl groups is 6. The van der Waals surface area contributed by atoms with Crippen LogP contribution in [-0.2, 0) is 14.3 Å². The van der Waals surface area contributed by atoms with Gasteiger partial charge in [0.25, 0.3) is 0 Å². The number of carbonyl (C=O) groups excluding carboxylic acids is 1. The first-order valence-electron chi connectivity index (χ1n) is 26.3. The van der Waals surface area contributed by atoms with Gasteiger partial charge in [-0.05, 0) is 12.8 Å². The number of unbranched alkanes of at least 4 members (excludes halogenated alkanes) is 34. The van der Waals surface area contributed by atoms with Crippen molar-refractivity contribution in [1.82, 2.24) is 5.32 Å². The molecule has 1 amide bonds. The average molecular weight is 872 g/mol. The normalized spacial score (nSPS) is 20.8. The van der Waals surface area contributed by atoms with Gasteiger partial charge in [-0.2, -0.15) is 0 Å². The van der Waals surface area contributed by atoms with Crippen molar-refractivity contribution >= 4 is 5.91 Å². The zero-order valence-electron chi connectivity index (χ0n) is 39.8. The SMILES string of the molecule is CCCCCCCCCCCCCCCCCCCCCCCC(=O)N[C@@H](CO[C@H]1O[C@H](CO)[C@@H](O)[C@H](O)[C@H]1O)[C@H](O)[C@H](O)CCCCCCCCCCCCCCCCC. The van der Waals surface area contributed by atoms with E-state index in [-0.39, 0.29) is 18.9 Å². The van der Waals surface area contributed by atoms with Gasteiger partial charge >= 0.3 is 0 Å². The highest BCUT2D eigenvalue weighted by molar-refractivity contribution is 5.76. The lowest BCUT2D eigenvalue weighted by Gasteiger charge is -2.40. The lowest BCUT2D eigenvalue weighted by atomic mass is 9.98. The van der Waals surface area contributed by atoms with Gasteiger partial charge in [0.2, 0.25) is 5.91 Å². The second-order valence-electron chi connectivity index (χ2n) is 18.8. The minimum atomic E-state index is -1.60. The molecule has 0 aliphatic carbocycles. The number of nitrogens with one attached hydrogen (secondary N) is 1. The molecule has 1 aliphatic rings. The zero-order valence-corrected chi connectivity index (χ0v) is 39.8. The molecule has 1 aliphatic heterocycles. The van der Waals surface area contributed by atoms with Gasteiger partial charge in [-0.15, -0.1) is 0 Å². The molecular weight excluding hydrogens is 771 g/mol. The summed E-state index contributed by atoms with van der Waals surface area (Å²) in [5.41, 5.74) is 0. The molecule has 0 aromatic rings. The number of aliphatic hydroxyl groups excluding tert-OH is 6. The monoisotopic (exact) mass is 872 g/mol. The summed E-state index contributed by atoms with van der Waals surface area (Å²) in [6.07, 6.45) is 36.8. The van der Waals surface area contributed by atoms with Crippen LogP contribution in [0.1, 0.15) is 258 Å². The van der Waals surface area contributed by atoms with Crippen LogP contribution in [0.4, 0.5) is 0 Å². The molecule has 7 N–H and O–H groups in total. The van der Waals surface area contributed by atoms with E-state index in [9.17, 15) is 35.4 Å². The second kappa shape index (κ2) is 41.8. The van der Waals surface area contributed by atoms with Crippen LogP contribution in [0.25, 0.3) is 0 Å². The second-order valence-corrected chi connectivity index (χ2v) is 18.8. The number of hydrogen-bond acceptors (Lipinski definition) is 9. The van der Waals surface area contributed by atoms with Crippen LogP contribution in [0, 0.1) is 0 Å². The lowest BCUT2D eigenvalue weighted by molar-refractivity contribution is -0.303.